The molecule has 4 N–H and O–H groups in total. The Balaban J connectivity index is 2.18. The number of anilines is 2. The quantitative estimate of drug-likeness (QED) is 0.760. The van der Waals surface area contributed by atoms with E-state index in [1.165, 1.54) is 11.3 Å². The van der Waals surface area contributed by atoms with Gasteiger partial charge in [0.2, 0.25) is 0 Å². The molecule has 1 heterocycles. The Morgan fingerprint density at radius 3 is 2.79 bits per heavy atom. The van der Waals surface area contributed by atoms with Crippen LogP contribution in [0.1, 0.15) is 15.2 Å². The van der Waals surface area contributed by atoms with Crippen molar-refractivity contribution in [3.05, 3.63) is 45.1 Å². The summed E-state index contributed by atoms with van der Waals surface area (Å²) >= 11 is 7.38. The van der Waals surface area contributed by atoms with Crippen molar-refractivity contribution in [1.29, 1.82) is 0 Å². The van der Waals surface area contributed by atoms with Crippen molar-refractivity contribution in [3.8, 4) is 0 Å². The van der Waals surface area contributed by atoms with Gasteiger partial charge in [-0.25, -0.2) is 0 Å². The van der Waals surface area contributed by atoms with Gasteiger partial charge in [0.05, 0.1) is 9.90 Å². The highest BCUT2D eigenvalue weighted by Crippen LogP contribution is 2.24. The monoisotopic (exact) mass is 295 g/mol. The molecule has 0 radical (unpaired) electrons. The van der Waals surface area contributed by atoms with Gasteiger partial charge in [-0.3, -0.25) is 4.79 Å². The molecule has 6 heteroatoms. The summed E-state index contributed by atoms with van der Waals surface area (Å²) in [6, 6.07) is 8.96. The van der Waals surface area contributed by atoms with Crippen molar-refractivity contribution < 1.29 is 4.79 Å². The first-order valence-corrected chi connectivity index (χ1v) is 6.89. The fourth-order valence-electron chi connectivity index (χ4n) is 1.67. The topological polar surface area (TPSA) is 67.2 Å². The zero-order valence-electron chi connectivity index (χ0n) is 10.4. The number of nitrogens with two attached hydrogens (primary N) is 1. The second kappa shape index (κ2) is 5.95. The number of nitrogen functional groups attached to an aromatic ring is 1. The number of nitrogens with one attached hydrogen (secondary N) is 2. The molecule has 1 aromatic heterocycles. The standard InChI is InChI=1S/C13H14ClN3OS/c1-16-13(18)10-4-2-8(15)6-11(10)17-7-9-3-5-12(14)19-9/h2-6,17H,7,15H2,1H3,(H,16,18). The van der Waals surface area contributed by atoms with Gasteiger partial charge in [0.1, 0.15) is 0 Å². The van der Waals surface area contributed by atoms with Gasteiger partial charge in [0, 0.05) is 29.8 Å². The van der Waals surface area contributed by atoms with Gasteiger partial charge in [-0.15, -0.1) is 11.3 Å². The first kappa shape index (κ1) is 13.7. The maximum absolute atomic E-state index is 11.8. The van der Waals surface area contributed by atoms with E-state index in [0.29, 0.717) is 23.5 Å². The number of hydrogen-bond donors (Lipinski definition) is 3. The molecule has 0 aliphatic rings. The third-order valence-electron chi connectivity index (χ3n) is 2.60. The van der Waals surface area contributed by atoms with Crippen LogP contribution >= 0.6 is 22.9 Å². The normalized spacial score (nSPS) is 10.2. The molecule has 0 saturated heterocycles. The minimum atomic E-state index is -0.147. The third-order valence-corrected chi connectivity index (χ3v) is 3.83. The van der Waals surface area contributed by atoms with Crippen LogP contribution in [0.2, 0.25) is 4.34 Å². The lowest BCUT2D eigenvalue weighted by Crippen LogP contribution is -2.19. The molecule has 0 unspecified atom stereocenters. The van der Waals surface area contributed by atoms with Crippen molar-refractivity contribution in [1.82, 2.24) is 5.32 Å². The predicted octanol–water partition coefficient (Wildman–Crippen LogP) is 2.96. The summed E-state index contributed by atoms with van der Waals surface area (Å²) < 4.78 is 0.746. The Bertz CT molecular complexity index is 597. The van der Waals surface area contributed by atoms with E-state index in [4.69, 9.17) is 17.3 Å². The number of halogens is 1. The first-order valence-electron chi connectivity index (χ1n) is 5.70. The third kappa shape index (κ3) is 3.39. The van der Waals surface area contributed by atoms with Crippen molar-refractivity contribution in [3.63, 3.8) is 0 Å². The van der Waals surface area contributed by atoms with Crippen LogP contribution in [0.3, 0.4) is 0 Å². The van der Waals surface area contributed by atoms with E-state index in [1.54, 1.807) is 25.2 Å². The number of carbonyl (C=O) groups is 1. The molecule has 0 bridgehead atoms. The zero-order valence-corrected chi connectivity index (χ0v) is 11.9. The molecule has 0 saturated carbocycles. The van der Waals surface area contributed by atoms with Crippen LogP contribution < -0.4 is 16.4 Å². The Labute approximate surface area is 120 Å². The molecule has 1 aromatic carbocycles. The molecule has 2 rings (SSSR count). The average molecular weight is 296 g/mol. The van der Waals surface area contributed by atoms with E-state index >= 15 is 0 Å². The average Bonchev–Trinajstić information content (AvgIpc) is 2.81. The van der Waals surface area contributed by atoms with E-state index in [2.05, 4.69) is 10.6 Å². The maximum Gasteiger partial charge on any atom is 0.253 e. The van der Waals surface area contributed by atoms with Gasteiger partial charge in [0.25, 0.3) is 5.91 Å². The van der Waals surface area contributed by atoms with Crippen molar-refractivity contribution in [2.45, 2.75) is 6.54 Å². The molecule has 2 aromatic rings. The highest BCUT2D eigenvalue weighted by Gasteiger charge is 2.10. The SMILES string of the molecule is CNC(=O)c1ccc(N)cc1NCc1ccc(Cl)s1. The molecular formula is C13H14ClN3OS. The molecule has 0 spiro atoms. The van der Waals surface area contributed by atoms with E-state index in [9.17, 15) is 4.79 Å². The molecule has 1 amide bonds. The molecule has 0 aliphatic heterocycles. The van der Waals surface area contributed by atoms with Gasteiger partial charge in [-0.2, -0.15) is 0 Å². The van der Waals surface area contributed by atoms with Crippen molar-refractivity contribution >= 4 is 40.2 Å². The van der Waals surface area contributed by atoms with Crippen LogP contribution in [-0.4, -0.2) is 13.0 Å². The highest BCUT2D eigenvalue weighted by molar-refractivity contribution is 7.16. The molecular weight excluding hydrogens is 282 g/mol. The zero-order chi connectivity index (χ0) is 13.8. The second-order valence-electron chi connectivity index (χ2n) is 3.94. The summed E-state index contributed by atoms with van der Waals surface area (Å²) in [7, 11) is 1.60. The lowest BCUT2D eigenvalue weighted by Gasteiger charge is -2.11. The minimum absolute atomic E-state index is 0.147. The van der Waals surface area contributed by atoms with Gasteiger partial charge in [-0.05, 0) is 30.3 Å². The van der Waals surface area contributed by atoms with Gasteiger partial charge < -0.3 is 16.4 Å². The van der Waals surface area contributed by atoms with Crippen LogP contribution in [-0.2, 0) is 6.54 Å². The van der Waals surface area contributed by atoms with Crippen LogP contribution in [0, 0.1) is 0 Å². The summed E-state index contributed by atoms with van der Waals surface area (Å²) in [5, 5.41) is 5.82. The number of amides is 1. The van der Waals surface area contributed by atoms with E-state index in [0.717, 1.165) is 9.21 Å². The molecule has 19 heavy (non-hydrogen) atoms. The number of thiophene rings is 1. The van der Waals surface area contributed by atoms with Crippen molar-refractivity contribution in [2.24, 2.45) is 0 Å². The van der Waals surface area contributed by atoms with Crippen LogP contribution in [0.15, 0.2) is 30.3 Å². The summed E-state index contributed by atoms with van der Waals surface area (Å²) in [4.78, 5) is 12.8. The van der Waals surface area contributed by atoms with E-state index < -0.39 is 0 Å². The van der Waals surface area contributed by atoms with Crippen LogP contribution in [0.25, 0.3) is 0 Å². The fourth-order valence-corrected chi connectivity index (χ4v) is 2.70. The number of benzene rings is 1. The largest absolute Gasteiger partial charge is 0.399 e. The first-order chi connectivity index (χ1) is 9.10. The summed E-state index contributed by atoms with van der Waals surface area (Å²) in [6.07, 6.45) is 0. The van der Waals surface area contributed by atoms with Crippen LogP contribution in [0.4, 0.5) is 11.4 Å². The van der Waals surface area contributed by atoms with Crippen molar-refractivity contribution in [2.75, 3.05) is 18.1 Å². The van der Waals surface area contributed by atoms with Gasteiger partial charge in [-0.1, -0.05) is 11.6 Å². The number of carbonyl (C=O) groups excluding carboxylic acids is 1. The predicted molar refractivity (Wildman–Crippen MR) is 80.9 cm³/mol. The van der Waals surface area contributed by atoms with Gasteiger partial charge in [0.15, 0.2) is 0 Å². The van der Waals surface area contributed by atoms with E-state index in [-0.39, 0.29) is 5.91 Å². The molecule has 0 fully saturated rings. The molecule has 0 aliphatic carbocycles. The van der Waals surface area contributed by atoms with Crippen LogP contribution in [0.5, 0.6) is 0 Å². The Morgan fingerprint density at radius 2 is 2.16 bits per heavy atom. The molecule has 100 valence electrons. The summed E-state index contributed by atoms with van der Waals surface area (Å²) in [6.45, 7) is 0.602. The molecule has 0 atom stereocenters. The van der Waals surface area contributed by atoms with E-state index in [1.807, 2.05) is 12.1 Å². The lowest BCUT2D eigenvalue weighted by molar-refractivity contribution is 0.0964. The second-order valence-corrected chi connectivity index (χ2v) is 5.74. The Kier molecular flexibility index (Phi) is 4.29. The Morgan fingerprint density at radius 1 is 1.37 bits per heavy atom. The fraction of sp³-hybridized carbons (Fsp3) is 0.154. The number of hydrogen-bond acceptors (Lipinski definition) is 4. The Hall–Kier alpha value is -1.72. The summed E-state index contributed by atoms with van der Waals surface area (Å²) in [5.74, 6) is -0.147. The lowest BCUT2D eigenvalue weighted by atomic mass is 10.1. The number of rotatable bonds is 4. The van der Waals surface area contributed by atoms with Gasteiger partial charge >= 0.3 is 0 Å². The molecule has 4 nitrogen and oxygen atoms in total. The minimum Gasteiger partial charge on any atom is -0.399 e. The smallest absolute Gasteiger partial charge is 0.253 e. The maximum atomic E-state index is 11.8. The summed E-state index contributed by atoms with van der Waals surface area (Å²) in [5.41, 5.74) is 7.64. The highest BCUT2D eigenvalue weighted by atomic mass is 35.5.